The smallest absolute Gasteiger partial charge is 0.305 e. The third kappa shape index (κ3) is 2.08. The largest absolute Gasteiger partial charge is 0.328 e. The number of nitro groups is 1. The van der Waals surface area contributed by atoms with Crippen LogP contribution in [0.4, 0.5) is 5.69 Å². The number of non-ortho nitro benzene ring substituents is 1. The Morgan fingerprint density at radius 3 is 2.70 bits per heavy atom. The molecular weight excluding hydrogens is 264 g/mol. The fraction of sp³-hybridized carbons (Fsp3) is 0.0833. The lowest BCUT2D eigenvalue weighted by molar-refractivity contribution is -0.384. The van der Waals surface area contributed by atoms with Crippen LogP contribution in [0.25, 0.3) is 11.3 Å². The van der Waals surface area contributed by atoms with E-state index in [1.54, 1.807) is 6.07 Å². The summed E-state index contributed by atoms with van der Waals surface area (Å²) in [4.78, 5) is 35.9. The molecule has 0 aliphatic heterocycles. The zero-order chi connectivity index (χ0) is 14.9. The summed E-state index contributed by atoms with van der Waals surface area (Å²) in [5.74, 6) is 0. The highest BCUT2D eigenvalue weighted by atomic mass is 16.6. The molecule has 0 saturated heterocycles. The van der Waals surface area contributed by atoms with Gasteiger partial charge in [0.25, 0.3) is 11.2 Å². The zero-order valence-corrected chi connectivity index (χ0v) is 10.3. The van der Waals surface area contributed by atoms with Gasteiger partial charge in [-0.15, -0.1) is 0 Å². The molecule has 1 N–H and O–H groups in total. The Balaban J connectivity index is 2.80. The summed E-state index contributed by atoms with van der Waals surface area (Å²) in [7, 11) is 1.24. The Labute approximate surface area is 111 Å². The van der Waals surface area contributed by atoms with Crippen LogP contribution >= 0.6 is 0 Å². The van der Waals surface area contributed by atoms with E-state index in [9.17, 15) is 19.7 Å². The van der Waals surface area contributed by atoms with Crippen LogP contribution in [0.1, 0.15) is 5.56 Å². The molecule has 0 bridgehead atoms. The summed E-state index contributed by atoms with van der Waals surface area (Å²) >= 11 is 0. The molecule has 8 heteroatoms. The first-order valence-corrected chi connectivity index (χ1v) is 5.44. The molecule has 0 amide bonds. The van der Waals surface area contributed by atoms with Crippen molar-refractivity contribution >= 4 is 5.69 Å². The van der Waals surface area contributed by atoms with E-state index >= 15 is 0 Å². The third-order valence-electron chi connectivity index (χ3n) is 2.76. The molecular formula is C12H8N4O4. The topological polar surface area (TPSA) is 122 Å². The number of aromatic amines is 1. The van der Waals surface area contributed by atoms with Crippen molar-refractivity contribution in [2.45, 2.75) is 0 Å². The van der Waals surface area contributed by atoms with Crippen LogP contribution < -0.4 is 11.2 Å². The molecule has 0 aliphatic rings. The Kier molecular flexibility index (Phi) is 3.18. The van der Waals surface area contributed by atoms with Crippen LogP contribution in [0.2, 0.25) is 0 Å². The van der Waals surface area contributed by atoms with Crippen LogP contribution in [-0.2, 0) is 7.05 Å². The summed E-state index contributed by atoms with van der Waals surface area (Å²) in [6, 6.07) is 7.04. The molecule has 1 aromatic heterocycles. The average Bonchev–Trinajstić information content (AvgIpc) is 2.44. The first kappa shape index (κ1) is 13.2. The minimum Gasteiger partial charge on any atom is -0.305 e. The average molecular weight is 272 g/mol. The second kappa shape index (κ2) is 4.81. The quantitative estimate of drug-likeness (QED) is 0.630. The number of hydrogen-bond acceptors (Lipinski definition) is 5. The fourth-order valence-electron chi connectivity index (χ4n) is 1.72. The maximum Gasteiger partial charge on any atom is 0.328 e. The molecule has 20 heavy (non-hydrogen) atoms. The molecule has 1 heterocycles. The van der Waals surface area contributed by atoms with Gasteiger partial charge in [0.1, 0.15) is 11.6 Å². The minimum atomic E-state index is -0.752. The molecule has 0 saturated carbocycles. The number of nitrogens with one attached hydrogen (secondary N) is 1. The number of nitrogens with zero attached hydrogens (tertiary/aromatic N) is 3. The van der Waals surface area contributed by atoms with E-state index in [1.807, 2.05) is 0 Å². The lowest BCUT2D eigenvalue weighted by atomic mass is 10.1. The Bertz CT molecular complexity index is 857. The van der Waals surface area contributed by atoms with E-state index in [0.717, 1.165) is 4.57 Å². The van der Waals surface area contributed by atoms with E-state index in [-0.39, 0.29) is 22.5 Å². The molecule has 0 spiro atoms. The molecule has 0 fully saturated rings. The third-order valence-corrected chi connectivity index (χ3v) is 2.76. The summed E-state index contributed by atoms with van der Waals surface area (Å²) in [6.07, 6.45) is 0. The van der Waals surface area contributed by atoms with Crippen LogP contribution in [0.5, 0.6) is 0 Å². The minimum absolute atomic E-state index is 0.0238. The van der Waals surface area contributed by atoms with Crippen molar-refractivity contribution in [2.75, 3.05) is 0 Å². The Hall–Kier alpha value is -3.21. The van der Waals surface area contributed by atoms with E-state index < -0.39 is 16.2 Å². The van der Waals surface area contributed by atoms with E-state index in [1.165, 1.54) is 31.3 Å². The van der Waals surface area contributed by atoms with Gasteiger partial charge in [0.15, 0.2) is 0 Å². The van der Waals surface area contributed by atoms with Gasteiger partial charge in [0.05, 0.1) is 10.6 Å². The molecule has 1 aromatic carbocycles. The van der Waals surface area contributed by atoms with Gasteiger partial charge in [-0.25, -0.2) is 4.79 Å². The SMILES string of the molecule is Cn1c(=O)[nH]c(-c2cccc([N+](=O)[O-])c2)c(C#N)c1=O. The van der Waals surface area contributed by atoms with Crippen LogP contribution in [0, 0.1) is 21.4 Å². The van der Waals surface area contributed by atoms with E-state index in [0.29, 0.717) is 0 Å². The van der Waals surface area contributed by atoms with Gasteiger partial charge >= 0.3 is 5.69 Å². The van der Waals surface area contributed by atoms with Crippen LogP contribution in [-0.4, -0.2) is 14.5 Å². The lowest BCUT2D eigenvalue weighted by Gasteiger charge is -2.05. The van der Waals surface area contributed by atoms with Crippen molar-refractivity contribution in [2.24, 2.45) is 7.05 Å². The normalized spacial score (nSPS) is 10.0. The summed E-state index contributed by atoms with van der Waals surface area (Å²) < 4.78 is 0.763. The number of rotatable bonds is 2. The highest BCUT2D eigenvalue weighted by Crippen LogP contribution is 2.22. The highest BCUT2D eigenvalue weighted by molar-refractivity contribution is 5.67. The maximum atomic E-state index is 11.8. The monoisotopic (exact) mass is 272 g/mol. The summed E-state index contributed by atoms with van der Waals surface area (Å²) in [6.45, 7) is 0. The second-order valence-electron chi connectivity index (χ2n) is 3.96. The Morgan fingerprint density at radius 2 is 2.10 bits per heavy atom. The summed E-state index contributed by atoms with van der Waals surface area (Å²) in [5, 5.41) is 19.8. The number of nitro benzene ring substituents is 1. The zero-order valence-electron chi connectivity index (χ0n) is 10.3. The van der Waals surface area contributed by atoms with Gasteiger partial charge in [0.2, 0.25) is 0 Å². The first-order valence-electron chi connectivity index (χ1n) is 5.44. The predicted molar refractivity (Wildman–Crippen MR) is 69.1 cm³/mol. The van der Waals surface area contributed by atoms with Gasteiger partial charge in [-0.1, -0.05) is 12.1 Å². The fourth-order valence-corrected chi connectivity index (χ4v) is 1.72. The van der Waals surface area contributed by atoms with Gasteiger partial charge in [-0.2, -0.15) is 5.26 Å². The standard InChI is InChI=1S/C12H8N4O4/c1-15-11(17)9(6-13)10(14-12(15)18)7-3-2-4-8(5-7)16(19)20/h2-5H,1H3,(H,14,18). The molecule has 100 valence electrons. The van der Waals surface area contributed by atoms with Crippen molar-refractivity contribution in [3.8, 4) is 17.3 Å². The van der Waals surface area contributed by atoms with E-state index in [2.05, 4.69) is 4.98 Å². The van der Waals surface area contributed by atoms with Gasteiger partial charge in [-0.05, 0) is 0 Å². The van der Waals surface area contributed by atoms with E-state index in [4.69, 9.17) is 5.26 Å². The molecule has 2 aromatic rings. The van der Waals surface area contributed by atoms with Crippen LogP contribution in [0.15, 0.2) is 33.9 Å². The molecule has 2 rings (SSSR count). The van der Waals surface area contributed by atoms with Gasteiger partial charge in [0, 0.05) is 24.7 Å². The van der Waals surface area contributed by atoms with Crippen molar-refractivity contribution in [1.29, 1.82) is 5.26 Å². The van der Waals surface area contributed by atoms with Crippen molar-refractivity contribution in [3.63, 3.8) is 0 Å². The number of nitriles is 1. The van der Waals surface area contributed by atoms with Gasteiger partial charge in [-0.3, -0.25) is 19.5 Å². The summed E-state index contributed by atoms with van der Waals surface area (Å²) in [5.41, 5.74) is -1.72. The number of aromatic nitrogens is 2. The molecule has 0 unspecified atom stereocenters. The highest BCUT2D eigenvalue weighted by Gasteiger charge is 2.15. The molecule has 0 radical (unpaired) electrons. The van der Waals surface area contributed by atoms with Crippen molar-refractivity contribution in [1.82, 2.24) is 9.55 Å². The van der Waals surface area contributed by atoms with Gasteiger partial charge < -0.3 is 4.98 Å². The first-order chi connectivity index (χ1) is 9.45. The molecule has 8 nitrogen and oxygen atoms in total. The second-order valence-corrected chi connectivity index (χ2v) is 3.96. The number of H-pyrrole nitrogens is 1. The van der Waals surface area contributed by atoms with Crippen LogP contribution in [0.3, 0.4) is 0 Å². The number of hydrogen-bond donors (Lipinski definition) is 1. The van der Waals surface area contributed by atoms with Crippen molar-refractivity contribution < 1.29 is 4.92 Å². The predicted octanol–water partition coefficient (Wildman–Crippen LogP) is 0.520. The number of benzene rings is 1. The van der Waals surface area contributed by atoms with Crippen molar-refractivity contribution in [3.05, 3.63) is 60.8 Å². The Morgan fingerprint density at radius 1 is 1.40 bits per heavy atom. The molecule has 0 aliphatic carbocycles. The molecule has 0 atom stereocenters. The lowest BCUT2D eigenvalue weighted by Crippen LogP contribution is -2.34. The maximum absolute atomic E-state index is 11.8.